The van der Waals surface area contributed by atoms with Gasteiger partial charge in [0.05, 0.1) is 6.21 Å². The molecule has 0 fully saturated rings. The standard InChI is InChI=1S/C20H26N4O2/c1-13(2)22-19(25)11-20(26)23-21-12-17-10-15(4)24(16(17)5)18-8-6-14(3)7-9-18/h6-10,12-13H,11H2,1-5H3,(H,22,25)(H,23,26). The van der Waals surface area contributed by atoms with Gasteiger partial charge in [0, 0.05) is 28.7 Å². The van der Waals surface area contributed by atoms with Gasteiger partial charge in [0.25, 0.3) is 0 Å². The molecule has 6 nitrogen and oxygen atoms in total. The summed E-state index contributed by atoms with van der Waals surface area (Å²) in [7, 11) is 0. The molecule has 0 saturated carbocycles. The summed E-state index contributed by atoms with van der Waals surface area (Å²) in [5, 5.41) is 6.65. The summed E-state index contributed by atoms with van der Waals surface area (Å²) in [6.07, 6.45) is 1.36. The summed E-state index contributed by atoms with van der Waals surface area (Å²) in [5.74, 6) is -0.753. The highest BCUT2D eigenvalue weighted by Crippen LogP contribution is 2.20. The smallest absolute Gasteiger partial charge is 0.249 e. The molecule has 2 rings (SSSR count). The minimum atomic E-state index is -0.438. The van der Waals surface area contributed by atoms with Crippen LogP contribution >= 0.6 is 0 Å². The van der Waals surface area contributed by atoms with Crippen LogP contribution in [0.5, 0.6) is 0 Å². The molecule has 2 amide bonds. The van der Waals surface area contributed by atoms with E-state index < -0.39 is 5.91 Å². The minimum absolute atomic E-state index is 0.00552. The number of hydrogen-bond acceptors (Lipinski definition) is 3. The van der Waals surface area contributed by atoms with Gasteiger partial charge in [0.15, 0.2) is 0 Å². The summed E-state index contributed by atoms with van der Waals surface area (Å²) in [5.41, 5.74) is 7.71. The van der Waals surface area contributed by atoms with Crippen LogP contribution in [0.2, 0.25) is 0 Å². The molecule has 0 aliphatic rings. The fourth-order valence-electron chi connectivity index (χ4n) is 2.74. The second kappa shape index (κ2) is 8.47. The Hall–Kier alpha value is -2.89. The lowest BCUT2D eigenvalue weighted by Crippen LogP contribution is -2.34. The maximum absolute atomic E-state index is 11.7. The number of carbonyl (C=O) groups is 2. The van der Waals surface area contributed by atoms with Gasteiger partial charge in [-0.25, -0.2) is 5.43 Å². The van der Waals surface area contributed by atoms with E-state index in [0.717, 1.165) is 22.6 Å². The molecule has 6 heteroatoms. The number of aromatic nitrogens is 1. The summed E-state index contributed by atoms with van der Waals surface area (Å²) in [4.78, 5) is 23.3. The van der Waals surface area contributed by atoms with Crippen LogP contribution in [-0.2, 0) is 9.59 Å². The predicted molar refractivity (Wildman–Crippen MR) is 104 cm³/mol. The number of nitrogens with one attached hydrogen (secondary N) is 2. The van der Waals surface area contributed by atoms with Crippen molar-refractivity contribution in [2.45, 2.75) is 47.1 Å². The Bertz CT molecular complexity index is 817. The number of nitrogens with zero attached hydrogens (tertiary/aromatic N) is 2. The van der Waals surface area contributed by atoms with Crippen LogP contribution in [0, 0.1) is 20.8 Å². The van der Waals surface area contributed by atoms with Crippen molar-refractivity contribution in [2.75, 3.05) is 0 Å². The van der Waals surface area contributed by atoms with Crippen molar-refractivity contribution in [1.82, 2.24) is 15.3 Å². The third-order valence-electron chi connectivity index (χ3n) is 3.93. The Balaban J connectivity index is 2.05. The zero-order chi connectivity index (χ0) is 19.3. The number of hydrazone groups is 1. The van der Waals surface area contributed by atoms with Gasteiger partial charge in [0.2, 0.25) is 11.8 Å². The molecule has 0 aliphatic heterocycles. The lowest BCUT2D eigenvalue weighted by molar-refractivity contribution is -0.129. The molecule has 0 saturated heterocycles. The van der Waals surface area contributed by atoms with E-state index in [0.29, 0.717) is 0 Å². The van der Waals surface area contributed by atoms with Crippen LogP contribution in [0.3, 0.4) is 0 Å². The Morgan fingerprint density at radius 1 is 1.12 bits per heavy atom. The summed E-state index contributed by atoms with van der Waals surface area (Å²) < 4.78 is 2.14. The molecule has 2 aromatic rings. The van der Waals surface area contributed by atoms with Crippen molar-refractivity contribution < 1.29 is 9.59 Å². The number of benzene rings is 1. The van der Waals surface area contributed by atoms with Gasteiger partial charge in [-0.15, -0.1) is 0 Å². The molecule has 138 valence electrons. The van der Waals surface area contributed by atoms with E-state index in [9.17, 15) is 9.59 Å². The number of amides is 2. The van der Waals surface area contributed by atoms with E-state index in [1.165, 1.54) is 5.56 Å². The average molecular weight is 354 g/mol. The normalized spacial score (nSPS) is 11.2. The van der Waals surface area contributed by atoms with Gasteiger partial charge in [-0.1, -0.05) is 17.7 Å². The highest BCUT2D eigenvalue weighted by atomic mass is 16.2. The molecule has 2 N–H and O–H groups in total. The molecule has 0 unspecified atom stereocenters. The number of rotatable bonds is 6. The highest BCUT2D eigenvalue weighted by molar-refractivity contribution is 5.97. The lowest BCUT2D eigenvalue weighted by atomic mass is 10.2. The van der Waals surface area contributed by atoms with Crippen molar-refractivity contribution in [3.05, 3.63) is 52.8 Å². The first-order chi connectivity index (χ1) is 12.3. The third-order valence-corrected chi connectivity index (χ3v) is 3.93. The van der Waals surface area contributed by atoms with Gasteiger partial charge in [-0.3, -0.25) is 9.59 Å². The maximum Gasteiger partial charge on any atom is 0.249 e. The quantitative estimate of drug-likeness (QED) is 0.475. The molecule has 1 aromatic heterocycles. The van der Waals surface area contributed by atoms with Crippen molar-refractivity contribution in [3.8, 4) is 5.69 Å². The van der Waals surface area contributed by atoms with Crippen molar-refractivity contribution in [3.63, 3.8) is 0 Å². The van der Waals surface area contributed by atoms with Crippen LogP contribution in [0.25, 0.3) is 5.69 Å². The monoisotopic (exact) mass is 354 g/mol. The van der Waals surface area contributed by atoms with E-state index >= 15 is 0 Å². The van der Waals surface area contributed by atoms with E-state index in [-0.39, 0.29) is 18.4 Å². The molecule has 0 spiro atoms. The summed E-state index contributed by atoms with van der Waals surface area (Å²) in [6, 6.07) is 10.3. The number of aryl methyl sites for hydroxylation is 2. The second-order valence-corrected chi connectivity index (χ2v) is 6.69. The van der Waals surface area contributed by atoms with Gasteiger partial charge < -0.3 is 9.88 Å². The van der Waals surface area contributed by atoms with Crippen LogP contribution in [0.1, 0.15) is 42.8 Å². The maximum atomic E-state index is 11.7. The molecule has 1 aromatic carbocycles. The Morgan fingerprint density at radius 3 is 2.38 bits per heavy atom. The van der Waals surface area contributed by atoms with Gasteiger partial charge in [0.1, 0.15) is 6.42 Å². The molecule has 0 radical (unpaired) electrons. The zero-order valence-corrected chi connectivity index (χ0v) is 16.0. The Labute approximate surface area is 154 Å². The van der Waals surface area contributed by atoms with E-state index in [2.05, 4.69) is 51.6 Å². The van der Waals surface area contributed by atoms with E-state index in [1.54, 1.807) is 6.21 Å². The Kier molecular flexibility index (Phi) is 6.33. The highest BCUT2D eigenvalue weighted by Gasteiger charge is 2.11. The molecular weight excluding hydrogens is 328 g/mol. The summed E-state index contributed by atoms with van der Waals surface area (Å²) >= 11 is 0. The van der Waals surface area contributed by atoms with Crippen LogP contribution in [0.15, 0.2) is 35.4 Å². The predicted octanol–water partition coefficient (Wildman–Crippen LogP) is 2.77. The fraction of sp³-hybridized carbons (Fsp3) is 0.350. The SMILES string of the molecule is Cc1ccc(-n2c(C)cc(C=NNC(=O)CC(=O)NC(C)C)c2C)cc1. The number of hydrogen-bond donors (Lipinski definition) is 2. The summed E-state index contributed by atoms with van der Waals surface area (Å²) in [6.45, 7) is 9.78. The second-order valence-electron chi connectivity index (χ2n) is 6.69. The first kappa shape index (κ1) is 19.4. The minimum Gasteiger partial charge on any atom is -0.353 e. The van der Waals surface area contributed by atoms with Crippen molar-refractivity contribution in [1.29, 1.82) is 0 Å². The topological polar surface area (TPSA) is 75.5 Å². The Morgan fingerprint density at radius 2 is 1.77 bits per heavy atom. The van der Waals surface area contributed by atoms with E-state index in [4.69, 9.17) is 0 Å². The largest absolute Gasteiger partial charge is 0.353 e. The fourth-order valence-corrected chi connectivity index (χ4v) is 2.74. The van der Waals surface area contributed by atoms with Gasteiger partial charge in [-0.2, -0.15) is 5.10 Å². The van der Waals surface area contributed by atoms with Crippen LogP contribution in [-0.4, -0.2) is 28.6 Å². The average Bonchev–Trinajstić information content (AvgIpc) is 2.82. The van der Waals surface area contributed by atoms with Crippen molar-refractivity contribution >= 4 is 18.0 Å². The molecule has 0 atom stereocenters. The molecular formula is C20H26N4O2. The first-order valence-electron chi connectivity index (χ1n) is 8.65. The molecule has 1 heterocycles. The van der Waals surface area contributed by atoms with Gasteiger partial charge in [-0.05, 0) is 52.8 Å². The van der Waals surface area contributed by atoms with Gasteiger partial charge >= 0.3 is 0 Å². The molecule has 26 heavy (non-hydrogen) atoms. The van der Waals surface area contributed by atoms with Crippen LogP contribution in [0.4, 0.5) is 0 Å². The molecule has 0 bridgehead atoms. The number of carbonyl (C=O) groups excluding carboxylic acids is 2. The van der Waals surface area contributed by atoms with Crippen molar-refractivity contribution in [2.24, 2.45) is 5.10 Å². The van der Waals surface area contributed by atoms with E-state index in [1.807, 2.05) is 33.8 Å². The van der Waals surface area contributed by atoms with Crippen LogP contribution < -0.4 is 10.7 Å². The lowest BCUT2D eigenvalue weighted by Gasteiger charge is -2.09. The molecule has 0 aliphatic carbocycles. The third kappa shape index (κ3) is 5.05. The zero-order valence-electron chi connectivity index (χ0n) is 16.0. The first-order valence-corrected chi connectivity index (χ1v) is 8.65.